The Bertz CT molecular complexity index is 358. The Morgan fingerprint density at radius 1 is 1.53 bits per heavy atom. The third-order valence-corrected chi connectivity index (χ3v) is 3.81. The molecular weight excluding hydrogens is 234 g/mol. The number of hydrogen-bond donors (Lipinski definition) is 2. The van der Waals surface area contributed by atoms with Crippen molar-refractivity contribution in [1.82, 2.24) is 5.32 Å². The second-order valence-electron chi connectivity index (χ2n) is 5.31. The third kappa shape index (κ3) is 3.82. The molecule has 0 saturated heterocycles. The Labute approximate surface area is 107 Å². The van der Waals surface area contributed by atoms with Crippen molar-refractivity contribution in [3.05, 3.63) is 22.4 Å². The Balaban J connectivity index is 2.67. The van der Waals surface area contributed by atoms with Crippen LogP contribution < -0.4 is 5.32 Å². The van der Waals surface area contributed by atoms with Crippen LogP contribution in [0.4, 0.5) is 0 Å². The molecule has 2 N–H and O–H groups in total. The molecule has 0 bridgehead atoms. The highest BCUT2D eigenvalue weighted by molar-refractivity contribution is 7.10. The van der Waals surface area contributed by atoms with Gasteiger partial charge >= 0.3 is 5.97 Å². The molecule has 17 heavy (non-hydrogen) atoms. The number of nitrogens with one attached hydrogen (secondary N) is 1. The standard InChI is InChI=1S/C13H21NO2S/c1-9(2)11(10-6-5-7-17-10)14-8-13(3,4)12(15)16/h5-7,9,11,14H,8H2,1-4H3,(H,15,16). The van der Waals surface area contributed by atoms with Gasteiger partial charge in [-0.1, -0.05) is 19.9 Å². The highest BCUT2D eigenvalue weighted by Crippen LogP contribution is 2.27. The molecule has 1 heterocycles. The van der Waals surface area contributed by atoms with E-state index in [-0.39, 0.29) is 6.04 Å². The van der Waals surface area contributed by atoms with Crippen molar-refractivity contribution in [2.24, 2.45) is 11.3 Å². The molecule has 1 unspecified atom stereocenters. The second-order valence-corrected chi connectivity index (χ2v) is 6.29. The van der Waals surface area contributed by atoms with Crippen molar-refractivity contribution in [3.63, 3.8) is 0 Å². The fraction of sp³-hybridized carbons (Fsp3) is 0.615. The summed E-state index contributed by atoms with van der Waals surface area (Å²) < 4.78 is 0. The number of thiophene rings is 1. The first-order valence-electron chi connectivity index (χ1n) is 5.85. The van der Waals surface area contributed by atoms with Crippen LogP contribution in [-0.4, -0.2) is 17.6 Å². The van der Waals surface area contributed by atoms with E-state index in [0.717, 1.165) is 0 Å². The summed E-state index contributed by atoms with van der Waals surface area (Å²) in [6.45, 7) is 8.25. The fourth-order valence-electron chi connectivity index (χ4n) is 1.57. The number of carbonyl (C=O) groups is 1. The molecule has 1 aromatic rings. The number of carboxylic acids is 1. The quantitative estimate of drug-likeness (QED) is 0.821. The lowest BCUT2D eigenvalue weighted by molar-refractivity contribution is -0.146. The minimum atomic E-state index is -0.765. The van der Waals surface area contributed by atoms with Crippen LogP contribution in [0.25, 0.3) is 0 Å². The number of rotatable bonds is 6. The van der Waals surface area contributed by atoms with Crippen molar-refractivity contribution in [2.45, 2.75) is 33.7 Å². The molecule has 1 aromatic heterocycles. The van der Waals surface area contributed by atoms with E-state index in [1.54, 1.807) is 25.2 Å². The first kappa shape index (κ1) is 14.2. The third-order valence-electron chi connectivity index (χ3n) is 2.86. The van der Waals surface area contributed by atoms with Gasteiger partial charge in [-0.15, -0.1) is 11.3 Å². The summed E-state index contributed by atoms with van der Waals surface area (Å²) in [4.78, 5) is 12.3. The van der Waals surface area contributed by atoms with Gasteiger partial charge in [0.2, 0.25) is 0 Å². The molecule has 1 atom stereocenters. The molecule has 0 aliphatic heterocycles. The SMILES string of the molecule is CC(C)C(NCC(C)(C)C(=O)O)c1cccs1. The van der Waals surface area contributed by atoms with Gasteiger partial charge in [-0.2, -0.15) is 0 Å². The normalized spacial score (nSPS) is 13.9. The minimum absolute atomic E-state index is 0.230. The zero-order valence-corrected chi connectivity index (χ0v) is 11.7. The van der Waals surface area contributed by atoms with Gasteiger partial charge in [0, 0.05) is 17.5 Å². The highest BCUT2D eigenvalue weighted by atomic mass is 32.1. The van der Waals surface area contributed by atoms with Crippen LogP contribution in [0.2, 0.25) is 0 Å². The van der Waals surface area contributed by atoms with Gasteiger partial charge in [0.15, 0.2) is 0 Å². The molecule has 0 aliphatic carbocycles. The van der Waals surface area contributed by atoms with Crippen LogP contribution in [0.1, 0.15) is 38.6 Å². The van der Waals surface area contributed by atoms with Crippen LogP contribution in [-0.2, 0) is 4.79 Å². The maximum atomic E-state index is 11.1. The van der Waals surface area contributed by atoms with Crippen molar-refractivity contribution in [2.75, 3.05) is 6.54 Å². The van der Waals surface area contributed by atoms with E-state index in [1.807, 2.05) is 6.07 Å². The summed E-state index contributed by atoms with van der Waals surface area (Å²) in [6, 6.07) is 4.35. The largest absolute Gasteiger partial charge is 0.481 e. The summed E-state index contributed by atoms with van der Waals surface area (Å²) in [6.07, 6.45) is 0. The smallest absolute Gasteiger partial charge is 0.310 e. The molecule has 4 heteroatoms. The Morgan fingerprint density at radius 2 is 2.18 bits per heavy atom. The topological polar surface area (TPSA) is 49.3 Å². The zero-order valence-electron chi connectivity index (χ0n) is 10.9. The van der Waals surface area contributed by atoms with Gasteiger partial charge in [0.05, 0.1) is 5.41 Å². The molecule has 96 valence electrons. The van der Waals surface area contributed by atoms with Crippen LogP contribution in [0.5, 0.6) is 0 Å². The number of hydrogen-bond acceptors (Lipinski definition) is 3. The van der Waals surface area contributed by atoms with Crippen LogP contribution in [0.15, 0.2) is 17.5 Å². The van der Waals surface area contributed by atoms with Crippen LogP contribution in [0.3, 0.4) is 0 Å². The lowest BCUT2D eigenvalue weighted by atomic mass is 9.92. The average molecular weight is 255 g/mol. The summed E-state index contributed by atoms with van der Waals surface area (Å²) in [5, 5.41) is 14.5. The Morgan fingerprint density at radius 3 is 2.59 bits per heavy atom. The van der Waals surface area contributed by atoms with E-state index in [4.69, 9.17) is 5.11 Å². The fourth-order valence-corrected chi connectivity index (χ4v) is 2.55. The predicted octanol–water partition coefficient (Wildman–Crippen LogP) is 3.15. The molecular formula is C13H21NO2S. The van der Waals surface area contributed by atoms with E-state index in [2.05, 4.69) is 30.6 Å². The Hall–Kier alpha value is -0.870. The molecule has 0 aromatic carbocycles. The molecule has 0 saturated carbocycles. The van der Waals surface area contributed by atoms with E-state index in [0.29, 0.717) is 12.5 Å². The number of carboxylic acid groups (broad SMARTS) is 1. The van der Waals surface area contributed by atoms with Gasteiger partial charge in [0.1, 0.15) is 0 Å². The predicted molar refractivity (Wildman–Crippen MR) is 71.3 cm³/mol. The molecule has 0 fully saturated rings. The van der Waals surface area contributed by atoms with Gasteiger partial charge < -0.3 is 10.4 Å². The van der Waals surface area contributed by atoms with Crippen LogP contribution in [0, 0.1) is 11.3 Å². The van der Waals surface area contributed by atoms with Crippen molar-refractivity contribution >= 4 is 17.3 Å². The summed E-state index contributed by atoms with van der Waals surface area (Å²) >= 11 is 1.71. The van der Waals surface area contributed by atoms with Crippen molar-refractivity contribution in [1.29, 1.82) is 0 Å². The zero-order chi connectivity index (χ0) is 13.1. The maximum absolute atomic E-state index is 11.1. The van der Waals surface area contributed by atoms with Crippen molar-refractivity contribution < 1.29 is 9.90 Å². The highest BCUT2D eigenvalue weighted by Gasteiger charge is 2.28. The van der Waals surface area contributed by atoms with E-state index >= 15 is 0 Å². The van der Waals surface area contributed by atoms with Gasteiger partial charge in [-0.3, -0.25) is 4.79 Å². The van der Waals surface area contributed by atoms with E-state index in [1.165, 1.54) is 4.88 Å². The maximum Gasteiger partial charge on any atom is 0.310 e. The van der Waals surface area contributed by atoms with E-state index < -0.39 is 11.4 Å². The molecule has 1 rings (SSSR count). The first-order valence-corrected chi connectivity index (χ1v) is 6.73. The monoisotopic (exact) mass is 255 g/mol. The summed E-state index contributed by atoms with van der Waals surface area (Å²) in [5.74, 6) is -0.322. The molecule has 3 nitrogen and oxygen atoms in total. The van der Waals surface area contributed by atoms with E-state index in [9.17, 15) is 4.79 Å². The second kappa shape index (κ2) is 5.65. The van der Waals surface area contributed by atoms with Crippen LogP contribution >= 0.6 is 11.3 Å². The first-order chi connectivity index (χ1) is 7.84. The molecule has 0 radical (unpaired) electrons. The average Bonchev–Trinajstić information content (AvgIpc) is 2.70. The molecule has 0 aliphatic rings. The van der Waals surface area contributed by atoms with Gasteiger partial charge in [0.25, 0.3) is 0 Å². The van der Waals surface area contributed by atoms with Crippen molar-refractivity contribution in [3.8, 4) is 0 Å². The van der Waals surface area contributed by atoms with Gasteiger partial charge in [-0.05, 0) is 31.2 Å². The lowest BCUT2D eigenvalue weighted by Gasteiger charge is -2.26. The molecule has 0 spiro atoms. The lowest BCUT2D eigenvalue weighted by Crippen LogP contribution is -2.38. The van der Waals surface area contributed by atoms with Gasteiger partial charge in [-0.25, -0.2) is 0 Å². The summed E-state index contributed by atoms with van der Waals surface area (Å²) in [7, 11) is 0. The summed E-state index contributed by atoms with van der Waals surface area (Å²) in [5.41, 5.74) is -0.732. The Kier molecular flexibility index (Phi) is 4.71. The minimum Gasteiger partial charge on any atom is -0.481 e. The molecule has 0 amide bonds. The number of aliphatic carboxylic acids is 1.